The third-order valence-electron chi connectivity index (χ3n) is 3.84. The number of hydrogen-bond donors (Lipinski definition) is 1. The topological polar surface area (TPSA) is 38.5 Å². The van der Waals surface area contributed by atoms with Gasteiger partial charge in [-0.1, -0.05) is 15.9 Å². The highest BCUT2D eigenvalue weighted by molar-refractivity contribution is 9.10. The first-order valence-electron chi connectivity index (χ1n) is 6.90. The molecule has 1 aliphatic carbocycles. The van der Waals surface area contributed by atoms with Crippen LogP contribution in [0.2, 0.25) is 0 Å². The summed E-state index contributed by atoms with van der Waals surface area (Å²) >= 11 is 3.58. The van der Waals surface area contributed by atoms with Crippen LogP contribution in [0.1, 0.15) is 25.3 Å². The summed E-state index contributed by atoms with van der Waals surface area (Å²) in [4.78, 5) is 2.45. The van der Waals surface area contributed by atoms with Crippen molar-refractivity contribution in [3.63, 3.8) is 0 Å². The van der Waals surface area contributed by atoms with E-state index in [1.807, 2.05) is 0 Å². The van der Waals surface area contributed by atoms with Crippen molar-refractivity contribution in [3.05, 3.63) is 28.2 Å². The second-order valence-electron chi connectivity index (χ2n) is 5.29. The molecule has 106 valence electrons. The van der Waals surface area contributed by atoms with Gasteiger partial charge in [-0.3, -0.25) is 0 Å². The second-order valence-corrected chi connectivity index (χ2v) is 6.20. The predicted octanol–water partition coefficient (Wildman–Crippen LogP) is 3.16. The maximum Gasteiger partial charge on any atom is 0.0637 e. The van der Waals surface area contributed by atoms with Gasteiger partial charge in [0.05, 0.1) is 6.61 Å². The highest BCUT2D eigenvalue weighted by Crippen LogP contribution is 2.37. The van der Waals surface area contributed by atoms with Crippen molar-refractivity contribution >= 4 is 21.6 Å². The van der Waals surface area contributed by atoms with E-state index in [1.165, 1.54) is 18.5 Å². The Bertz CT molecular complexity index is 421. The summed E-state index contributed by atoms with van der Waals surface area (Å²) in [6.45, 7) is 4.56. The number of nitrogens with zero attached hydrogens (tertiary/aromatic N) is 1. The summed E-state index contributed by atoms with van der Waals surface area (Å²) < 4.78 is 6.35. The van der Waals surface area contributed by atoms with Crippen molar-refractivity contribution in [3.8, 4) is 0 Å². The lowest BCUT2D eigenvalue weighted by Crippen LogP contribution is -2.37. The second kappa shape index (κ2) is 6.73. The van der Waals surface area contributed by atoms with Gasteiger partial charge in [0.1, 0.15) is 0 Å². The van der Waals surface area contributed by atoms with Crippen molar-refractivity contribution in [2.24, 2.45) is 11.7 Å². The maximum absolute atomic E-state index is 5.77. The van der Waals surface area contributed by atoms with Crippen LogP contribution in [-0.2, 0) is 11.3 Å². The number of nitrogens with two attached hydrogens (primary N) is 1. The van der Waals surface area contributed by atoms with Crippen LogP contribution >= 0.6 is 15.9 Å². The Hall–Kier alpha value is -0.580. The Kier molecular flexibility index (Phi) is 5.25. The number of hydrogen-bond acceptors (Lipinski definition) is 3. The van der Waals surface area contributed by atoms with E-state index in [-0.39, 0.29) is 0 Å². The van der Waals surface area contributed by atoms with Crippen LogP contribution in [0.3, 0.4) is 0 Å². The van der Waals surface area contributed by atoms with Crippen LogP contribution in [0.25, 0.3) is 0 Å². The van der Waals surface area contributed by atoms with E-state index < -0.39 is 0 Å². The van der Waals surface area contributed by atoms with E-state index in [0.717, 1.165) is 29.1 Å². The molecule has 19 heavy (non-hydrogen) atoms. The van der Waals surface area contributed by atoms with Gasteiger partial charge in [0.2, 0.25) is 0 Å². The standard InChI is InChI=1S/C15H23BrN2O/c1-11(13-3-4-13)18(5-6-19-2)15-8-12(10-17)7-14(16)9-15/h7-9,11,13H,3-6,10,17H2,1-2H3. The summed E-state index contributed by atoms with van der Waals surface area (Å²) in [5, 5.41) is 0. The van der Waals surface area contributed by atoms with Crippen molar-refractivity contribution < 1.29 is 4.74 Å². The molecule has 3 nitrogen and oxygen atoms in total. The monoisotopic (exact) mass is 326 g/mol. The summed E-state index contributed by atoms with van der Waals surface area (Å²) in [5.74, 6) is 0.831. The fourth-order valence-electron chi connectivity index (χ4n) is 2.51. The van der Waals surface area contributed by atoms with Crippen molar-refractivity contribution in [2.45, 2.75) is 32.4 Å². The highest BCUT2D eigenvalue weighted by Gasteiger charge is 2.32. The van der Waals surface area contributed by atoms with E-state index in [9.17, 15) is 0 Å². The summed E-state index contributed by atoms with van der Waals surface area (Å²) in [5.41, 5.74) is 8.18. The van der Waals surface area contributed by atoms with E-state index >= 15 is 0 Å². The minimum Gasteiger partial charge on any atom is -0.383 e. The molecule has 1 aliphatic rings. The van der Waals surface area contributed by atoms with Crippen molar-refractivity contribution in [1.29, 1.82) is 0 Å². The van der Waals surface area contributed by atoms with Crippen LogP contribution in [0.5, 0.6) is 0 Å². The lowest BCUT2D eigenvalue weighted by atomic mass is 10.1. The van der Waals surface area contributed by atoms with Gasteiger partial charge in [-0.2, -0.15) is 0 Å². The van der Waals surface area contributed by atoms with Crippen molar-refractivity contribution in [1.82, 2.24) is 0 Å². The molecule has 4 heteroatoms. The van der Waals surface area contributed by atoms with Crippen LogP contribution in [-0.4, -0.2) is 26.3 Å². The van der Waals surface area contributed by atoms with Crippen LogP contribution in [0.4, 0.5) is 5.69 Å². The maximum atomic E-state index is 5.77. The zero-order valence-corrected chi connectivity index (χ0v) is 13.3. The fraction of sp³-hybridized carbons (Fsp3) is 0.600. The molecule has 0 spiro atoms. The van der Waals surface area contributed by atoms with Gasteiger partial charge in [-0.05, 0) is 49.4 Å². The number of anilines is 1. The van der Waals surface area contributed by atoms with Gasteiger partial charge in [-0.15, -0.1) is 0 Å². The first-order valence-corrected chi connectivity index (χ1v) is 7.70. The van der Waals surface area contributed by atoms with E-state index in [4.69, 9.17) is 10.5 Å². The minimum absolute atomic E-state index is 0.565. The third kappa shape index (κ3) is 3.94. The van der Waals surface area contributed by atoms with Crippen LogP contribution in [0, 0.1) is 5.92 Å². The molecular formula is C15H23BrN2O. The van der Waals surface area contributed by atoms with Gasteiger partial charge in [0.15, 0.2) is 0 Å². The molecule has 2 N–H and O–H groups in total. The molecule has 1 saturated carbocycles. The molecule has 1 fully saturated rings. The van der Waals surface area contributed by atoms with Gasteiger partial charge in [0, 0.05) is 36.4 Å². The number of methoxy groups -OCH3 is 1. The molecule has 1 unspecified atom stereocenters. The number of ether oxygens (including phenoxy) is 1. The van der Waals surface area contributed by atoms with E-state index in [1.54, 1.807) is 7.11 Å². The summed E-state index contributed by atoms with van der Waals surface area (Å²) in [6, 6.07) is 7.02. The minimum atomic E-state index is 0.565. The molecule has 0 aliphatic heterocycles. The Morgan fingerprint density at radius 1 is 1.42 bits per heavy atom. The largest absolute Gasteiger partial charge is 0.383 e. The molecule has 1 aromatic rings. The van der Waals surface area contributed by atoms with Crippen molar-refractivity contribution in [2.75, 3.05) is 25.2 Å². The zero-order chi connectivity index (χ0) is 13.8. The lowest BCUT2D eigenvalue weighted by molar-refractivity contribution is 0.202. The molecule has 0 amide bonds. The third-order valence-corrected chi connectivity index (χ3v) is 4.30. The molecular weight excluding hydrogens is 304 g/mol. The zero-order valence-electron chi connectivity index (χ0n) is 11.7. The fourth-order valence-corrected chi connectivity index (χ4v) is 3.04. The van der Waals surface area contributed by atoms with E-state index in [2.05, 4.69) is 46.0 Å². The molecule has 0 aromatic heterocycles. The number of halogens is 1. The first kappa shape index (κ1) is 14.8. The molecule has 0 heterocycles. The van der Waals surface area contributed by atoms with Crippen LogP contribution < -0.4 is 10.6 Å². The highest BCUT2D eigenvalue weighted by atomic mass is 79.9. The van der Waals surface area contributed by atoms with Crippen LogP contribution in [0.15, 0.2) is 22.7 Å². The molecule has 0 radical (unpaired) electrons. The van der Waals surface area contributed by atoms with Gasteiger partial charge >= 0.3 is 0 Å². The molecule has 1 atom stereocenters. The summed E-state index contributed by atoms with van der Waals surface area (Å²) in [6.07, 6.45) is 2.70. The van der Waals surface area contributed by atoms with E-state index in [0.29, 0.717) is 12.6 Å². The van der Waals surface area contributed by atoms with Gasteiger partial charge in [-0.25, -0.2) is 0 Å². The molecule has 0 bridgehead atoms. The van der Waals surface area contributed by atoms with Gasteiger partial charge in [0.25, 0.3) is 0 Å². The Morgan fingerprint density at radius 3 is 2.74 bits per heavy atom. The number of benzene rings is 1. The predicted molar refractivity (Wildman–Crippen MR) is 83.4 cm³/mol. The normalized spacial score (nSPS) is 16.4. The Morgan fingerprint density at radius 2 is 2.16 bits per heavy atom. The quantitative estimate of drug-likeness (QED) is 0.836. The first-order chi connectivity index (χ1) is 9.15. The number of rotatable bonds is 7. The average Bonchev–Trinajstić information content (AvgIpc) is 3.22. The molecule has 0 saturated heterocycles. The smallest absolute Gasteiger partial charge is 0.0637 e. The average molecular weight is 327 g/mol. The SMILES string of the molecule is COCCN(c1cc(Br)cc(CN)c1)C(C)C1CC1. The Balaban J connectivity index is 2.22. The lowest BCUT2D eigenvalue weighted by Gasteiger charge is -2.32. The summed E-state index contributed by atoms with van der Waals surface area (Å²) in [7, 11) is 1.76. The Labute approximate surface area is 124 Å². The van der Waals surface area contributed by atoms with Gasteiger partial charge < -0.3 is 15.4 Å². The molecule has 1 aromatic carbocycles. The molecule has 2 rings (SSSR count).